The van der Waals surface area contributed by atoms with Gasteiger partial charge in [-0.15, -0.1) is 0 Å². The van der Waals surface area contributed by atoms with Crippen LogP contribution in [0, 0.1) is 11.7 Å². The molecule has 8 heteroatoms. The quantitative estimate of drug-likeness (QED) is 0.215. The highest BCUT2D eigenvalue weighted by Gasteiger charge is 2.21. The first-order valence-electron chi connectivity index (χ1n) is 13.6. The summed E-state index contributed by atoms with van der Waals surface area (Å²) >= 11 is 0. The minimum absolute atomic E-state index is 0.0802. The van der Waals surface area contributed by atoms with Crippen molar-refractivity contribution in [3.63, 3.8) is 0 Å². The van der Waals surface area contributed by atoms with Gasteiger partial charge in [0.15, 0.2) is 0 Å². The maximum absolute atomic E-state index is 13.5. The number of H-pyrrole nitrogens is 2. The van der Waals surface area contributed by atoms with Gasteiger partial charge in [0.1, 0.15) is 17.2 Å². The summed E-state index contributed by atoms with van der Waals surface area (Å²) < 4.78 is 13.5. The van der Waals surface area contributed by atoms with Crippen LogP contribution in [-0.2, 0) is 4.79 Å². The average molecular weight is 531 g/mol. The van der Waals surface area contributed by atoms with Crippen LogP contribution in [0.15, 0.2) is 79.3 Å². The smallest absolute Gasteiger partial charge is 0.227 e. The van der Waals surface area contributed by atoms with Gasteiger partial charge in [-0.2, -0.15) is 5.10 Å². The molecule has 0 saturated heterocycles. The molecule has 40 heavy (non-hydrogen) atoms. The van der Waals surface area contributed by atoms with E-state index in [1.165, 1.54) is 18.6 Å². The molecule has 3 N–H and O–H groups in total. The molecule has 0 aliphatic heterocycles. The Bertz CT molecular complexity index is 1850. The van der Waals surface area contributed by atoms with Gasteiger partial charge in [0.2, 0.25) is 5.91 Å². The lowest BCUT2D eigenvalue weighted by Crippen LogP contribution is -2.24. The number of fused-ring (bicyclic) bond motifs is 2. The van der Waals surface area contributed by atoms with E-state index in [1.807, 2.05) is 30.3 Å². The zero-order valence-electron chi connectivity index (χ0n) is 21.7. The lowest BCUT2D eigenvalue weighted by molar-refractivity contribution is -0.120. The first-order chi connectivity index (χ1) is 19.6. The maximum atomic E-state index is 13.5. The van der Waals surface area contributed by atoms with Crippen molar-refractivity contribution < 1.29 is 9.18 Å². The number of carbonyl (C=O) groups excluding carboxylic acids is 1. The number of hydrogen-bond acceptors (Lipinski definition) is 4. The lowest BCUT2D eigenvalue weighted by Gasteiger charge is -2.20. The van der Waals surface area contributed by atoms with Crippen molar-refractivity contribution in [1.82, 2.24) is 25.1 Å². The number of amides is 1. The van der Waals surface area contributed by atoms with Crippen molar-refractivity contribution >= 4 is 33.5 Å². The minimum atomic E-state index is -0.269. The number of pyridine rings is 2. The van der Waals surface area contributed by atoms with E-state index in [0.29, 0.717) is 5.69 Å². The third-order valence-corrected chi connectivity index (χ3v) is 7.82. The van der Waals surface area contributed by atoms with Crippen LogP contribution in [0.3, 0.4) is 0 Å². The summed E-state index contributed by atoms with van der Waals surface area (Å²) in [7, 11) is 0. The maximum Gasteiger partial charge on any atom is 0.227 e. The van der Waals surface area contributed by atoms with E-state index in [-0.39, 0.29) is 17.6 Å². The third kappa shape index (κ3) is 4.51. The van der Waals surface area contributed by atoms with Crippen molar-refractivity contribution in [2.75, 3.05) is 5.32 Å². The van der Waals surface area contributed by atoms with Gasteiger partial charge in [-0.3, -0.25) is 14.9 Å². The third-order valence-electron chi connectivity index (χ3n) is 7.82. The fourth-order valence-electron chi connectivity index (χ4n) is 5.71. The van der Waals surface area contributed by atoms with Gasteiger partial charge < -0.3 is 10.3 Å². The largest absolute Gasteiger partial charge is 0.338 e. The summed E-state index contributed by atoms with van der Waals surface area (Å²) in [4.78, 5) is 25.1. The number of benzene rings is 2. The number of anilines is 1. The second-order valence-electron chi connectivity index (χ2n) is 10.4. The molecule has 4 heterocycles. The summed E-state index contributed by atoms with van der Waals surface area (Å²) in [5.41, 5.74) is 7.69. The molecule has 1 amide bonds. The minimum Gasteiger partial charge on any atom is -0.338 e. The van der Waals surface area contributed by atoms with Crippen LogP contribution in [0.5, 0.6) is 0 Å². The molecule has 7 nitrogen and oxygen atoms in total. The van der Waals surface area contributed by atoms with E-state index in [0.717, 1.165) is 81.3 Å². The second kappa shape index (κ2) is 10.0. The summed E-state index contributed by atoms with van der Waals surface area (Å²) in [5, 5.41) is 12.7. The number of hydrogen-bond donors (Lipinski definition) is 3. The predicted molar refractivity (Wildman–Crippen MR) is 155 cm³/mol. The Morgan fingerprint density at radius 2 is 1.70 bits per heavy atom. The number of carbonyl (C=O) groups is 1. The van der Waals surface area contributed by atoms with Crippen LogP contribution < -0.4 is 5.32 Å². The molecular weight excluding hydrogens is 503 g/mol. The molecule has 0 atom stereocenters. The van der Waals surface area contributed by atoms with E-state index >= 15 is 0 Å². The first kappa shape index (κ1) is 24.2. The number of nitrogens with one attached hydrogen (secondary N) is 3. The monoisotopic (exact) mass is 530 g/mol. The molecule has 198 valence electrons. The van der Waals surface area contributed by atoms with Gasteiger partial charge in [0.25, 0.3) is 0 Å². The van der Waals surface area contributed by atoms with Crippen molar-refractivity contribution in [1.29, 1.82) is 0 Å². The molecular formula is C32H27FN6O. The summed E-state index contributed by atoms with van der Waals surface area (Å²) in [5.74, 6) is -0.106. The fourth-order valence-corrected chi connectivity index (χ4v) is 5.71. The summed E-state index contributed by atoms with van der Waals surface area (Å²) in [6, 6.07) is 18.5. The number of halogens is 1. The van der Waals surface area contributed by atoms with Gasteiger partial charge in [0, 0.05) is 34.6 Å². The van der Waals surface area contributed by atoms with E-state index in [4.69, 9.17) is 0 Å². The number of nitrogens with zero attached hydrogens (tertiary/aromatic N) is 3. The van der Waals surface area contributed by atoms with Crippen LogP contribution in [0.25, 0.3) is 55.6 Å². The van der Waals surface area contributed by atoms with Crippen molar-refractivity contribution in [2.45, 2.75) is 32.1 Å². The molecule has 1 aliphatic carbocycles. The summed E-state index contributed by atoms with van der Waals surface area (Å²) in [6.45, 7) is 0. The number of rotatable bonds is 5. The van der Waals surface area contributed by atoms with Gasteiger partial charge >= 0.3 is 0 Å². The molecule has 0 unspecified atom stereocenters. The Hall–Kier alpha value is -4.85. The molecule has 1 aliphatic rings. The van der Waals surface area contributed by atoms with Gasteiger partial charge in [-0.05, 0) is 72.0 Å². The van der Waals surface area contributed by atoms with Crippen LogP contribution >= 0.6 is 0 Å². The van der Waals surface area contributed by atoms with Crippen molar-refractivity contribution in [3.05, 3.63) is 85.1 Å². The van der Waals surface area contributed by atoms with E-state index in [1.54, 1.807) is 30.7 Å². The standard InChI is InChI=1S/C32H27FN6O/c33-23-9-6-19(7-10-23)25-12-13-35-31-26(25)16-29(37-31)30-27-15-21(8-11-28(27)38-39-30)22-14-24(18-34-17-22)36-32(40)20-4-2-1-3-5-20/h6-18,20H,1-5H2,(H,35,37)(H,36,40)(H,38,39). The molecule has 6 aromatic rings. The molecule has 1 saturated carbocycles. The molecule has 0 spiro atoms. The Labute approximate surface area is 229 Å². The van der Waals surface area contributed by atoms with Gasteiger partial charge in [0.05, 0.1) is 23.1 Å². The van der Waals surface area contributed by atoms with Gasteiger partial charge in [-0.1, -0.05) is 37.5 Å². The Balaban J connectivity index is 1.22. The second-order valence-corrected chi connectivity index (χ2v) is 10.4. The van der Waals surface area contributed by atoms with Gasteiger partial charge in [-0.25, -0.2) is 9.37 Å². The fraction of sp³-hybridized carbons (Fsp3) is 0.188. The van der Waals surface area contributed by atoms with E-state index in [9.17, 15) is 9.18 Å². The van der Waals surface area contributed by atoms with Crippen molar-refractivity contribution in [2.24, 2.45) is 5.92 Å². The zero-order chi connectivity index (χ0) is 27.1. The van der Waals surface area contributed by atoms with E-state index in [2.05, 4.69) is 36.5 Å². The lowest BCUT2D eigenvalue weighted by atomic mass is 9.88. The van der Waals surface area contributed by atoms with Crippen LogP contribution in [0.2, 0.25) is 0 Å². The molecule has 0 radical (unpaired) electrons. The zero-order valence-corrected chi connectivity index (χ0v) is 21.7. The first-order valence-corrected chi connectivity index (χ1v) is 13.6. The highest BCUT2D eigenvalue weighted by molar-refractivity contribution is 6.01. The summed E-state index contributed by atoms with van der Waals surface area (Å²) in [6.07, 6.45) is 10.6. The topological polar surface area (TPSA) is 99.3 Å². The van der Waals surface area contributed by atoms with Crippen LogP contribution in [0.4, 0.5) is 10.1 Å². The molecule has 2 aromatic carbocycles. The van der Waals surface area contributed by atoms with Crippen LogP contribution in [0.1, 0.15) is 32.1 Å². The average Bonchev–Trinajstić information content (AvgIpc) is 3.62. The molecule has 7 rings (SSSR count). The van der Waals surface area contributed by atoms with Crippen molar-refractivity contribution in [3.8, 4) is 33.6 Å². The van der Waals surface area contributed by atoms with Crippen LogP contribution in [-0.4, -0.2) is 31.1 Å². The molecule has 1 fully saturated rings. The number of aromatic nitrogens is 5. The predicted octanol–water partition coefficient (Wildman–Crippen LogP) is 7.49. The Morgan fingerprint density at radius 1 is 0.875 bits per heavy atom. The SMILES string of the molecule is O=C(Nc1cncc(-c2ccc3[nH]nc(-c4cc5c(-c6ccc(F)cc6)ccnc5[nH]4)c3c2)c1)C1CCCCC1. The molecule has 4 aromatic heterocycles. The normalized spacial score (nSPS) is 14.1. The highest BCUT2D eigenvalue weighted by Crippen LogP contribution is 2.35. The molecule has 0 bridgehead atoms. The Kier molecular flexibility index (Phi) is 6.07. The number of aromatic amines is 2. The van der Waals surface area contributed by atoms with E-state index < -0.39 is 0 Å². The highest BCUT2D eigenvalue weighted by atomic mass is 19.1. The Morgan fingerprint density at radius 3 is 2.55 bits per heavy atom.